The van der Waals surface area contributed by atoms with Gasteiger partial charge >= 0.3 is 5.97 Å². The first kappa shape index (κ1) is 14.7. The summed E-state index contributed by atoms with van der Waals surface area (Å²) in [6.45, 7) is 0.669. The molecular weight excluding hydrogens is 281 g/mol. The third-order valence-corrected chi connectivity index (χ3v) is 4.25. The number of carboxylic acid groups (broad SMARTS) is 1. The fourth-order valence-electron chi connectivity index (χ4n) is 2.87. The molecule has 1 aliphatic rings. The van der Waals surface area contributed by atoms with E-state index in [1.807, 2.05) is 18.2 Å². The van der Waals surface area contributed by atoms with E-state index in [0.717, 1.165) is 18.4 Å². The topological polar surface area (TPSA) is 49.3 Å². The molecule has 1 fully saturated rings. The Morgan fingerprint density at radius 3 is 2.59 bits per heavy atom. The molecule has 2 N–H and O–H groups in total. The molecule has 2 aromatic carbocycles. The van der Waals surface area contributed by atoms with Crippen molar-refractivity contribution < 1.29 is 14.3 Å². The van der Waals surface area contributed by atoms with Crippen LogP contribution in [0.4, 0.5) is 4.39 Å². The van der Waals surface area contributed by atoms with Crippen LogP contribution >= 0.6 is 0 Å². The second-order valence-electron chi connectivity index (χ2n) is 5.80. The van der Waals surface area contributed by atoms with Gasteiger partial charge in [-0.2, -0.15) is 0 Å². The Balaban J connectivity index is 1.49. The molecule has 0 unspecified atom stereocenters. The number of halogens is 1. The van der Waals surface area contributed by atoms with E-state index in [1.165, 1.54) is 17.7 Å². The Morgan fingerprint density at radius 2 is 1.91 bits per heavy atom. The summed E-state index contributed by atoms with van der Waals surface area (Å²) in [5.41, 5.74) is 2.48. The van der Waals surface area contributed by atoms with Crippen molar-refractivity contribution in [3.8, 4) is 0 Å². The molecule has 114 valence electrons. The van der Waals surface area contributed by atoms with Gasteiger partial charge in [-0.3, -0.25) is 0 Å². The predicted molar refractivity (Wildman–Crippen MR) is 82.4 cm³/mol. The lowest BCUT2D eigenvalue weighted by molar-refractivity contribution is 0.0696. The quantitative estimate of drug-likeness (QED) is 0.887. The molecule has 0 atom stereocenters. The molecule has 2 aromatic rings. The smallest absolute Gasteiger partial charge is 0.335 e. The SMILES string of the molecule is O=C(O)c1cccc(CNC2CC(c3ccc(F)cc3)C2)c1. The number of carboxylic acids is 1. The summed E-state index contributed by atoms with van der Waals surface area (Å²) in [6.07, 6.45) is 2.06. The summed E-state index contributed by atoms with van der Waals surface area (Å²) in [4.78, 5) is 10.9. The van der Waals surface area contributed by atoms with E-state index >= 15 is 0 Å². The lowest BCUT2D eigenvalue weighted by Gasteiger charge is -2.36. The average molecular weight is 299 g/mol. The monoisotopic (exact) mass is 299 g/mol. The van der Waals surface area contributed by atoms with Crippen molar-refractivity contribution in [3.05, 3.63) is 71.0 Å². The predicted octanol–water partition coefficient (Wildman–Crippen LogP) is 3.56. The fourth-order valence-corrected chi connectivity index (χ4v) is 2.87. The summed E-state index contributed by atoms with van der Waals surface area (Å²) in [7, 11) is 0. The van der Waals surface area contributed by atoms with E-state index in [1.54, 1.807) is 18.2 Å². The Hall–Kier alpha value is -2.20. The molecule has 22 heavy (non-hydrogen) atoms. The maximum Gasteiger partial charge on any atom is 0.335 e. The zero-order chi connectivity index (χ0) is 15.5. The molecule has 1 aliphatic carbocycles. The number of hydrogen-bond acceptors (Lipinski definition) is 2. The van der Waals surface area contributed by atoms with Crippen molar-refractivity contribution in [1.82, 2.24) is 5.32 Å². The minimum atomic E-state index is -0.901. The zero-order valence-electron chi connectivity index (χ0n) is 12.1. The summed E-state index contributed by atoms with van der Waals surface area (Å²) < 4.78 is 12.9. The van der Waals surface area contributed by atoms with Gasteiger partial charge in [0.25, 0.3) is 0 Å². The van der Waals surface area contributed by atoms with Crippen LogP contribution in [0.15, 0.2) is 48.5 Å². The number of hydrogen-bond donors (Lipinski definition) is 2. The van der Waals surface area contributed by atoms with Crippen LogP contribution in [-0.2, 0) is 6.54 Å². The zero-order valence-corrected chi connectivity index (χ0v) is 12.1. The van der Waals surface area contributed by atoms with Crippen LogP contribution in [0, 0.1) is 5.82 Å². The van der Waals surface area contributed by atoms with E-state index in [9.17, 15) is 9.18 Å². The Bertz CT molecular complexity index is 663. The van der Waals surface area contributed by atoms with Crippen LogP contribution < -0.4 is 5.32 Å². The fraction of sp³-hybridized carbons (Fsp3) is 0.278. The first-order chi connectivity index (χ1) is 10.6. The third kappa shape index (κ3) is 3.34. The highest BCUT2D eigenvalue weighted by molar-refractivity contribution is 5.87. The largest absolute Gasteiger partial charge is 0.478 e. The number of aromatic carboxylic acids is 1. The molecule has 0 radical (unpaired) electrons. The van der Waals surface area contributed by atoms with Gasteiger partial charge in [0.15, 0.2) is 0 Å². The first-order valence-electron chi connectivity index (χ1n) is 7.43. The molecule has 0 heterocycles. The second-order valence-corrected chi connectivity index (χ2v) is 5.80. The normalized spacial score (nSPS) is 20.4. The van der Waals surface area contributed by atoms with Crippen LogP contribution in [0.2, 0.25) is 0 Å². The molecule has 1 saturated carbocycles. The summed E-state index contributed by atoms with van der Waals surface area (Å²) in [5, 5.41) is 12.4. The Kier molecular flexibility index (Phi) is 4.20. The first-order valence-corrected chi connectivity index (χ1v) is 7.43. The van der Waals surface area contributed by atoms with Crippen LogP contribution in [0.25, 0.3) is 0 Å². The molecular formula is C18H18FNO2. The van der Waals surface area contributed by atoms with Crippen molar-refractivity contribution in [2.24, 2.45) is 0 Å². The van der Waals surface area contributed by atoms with Crippen molar-refractivity contribution >= 4 is 5.97 Å². The summed E-state index contributed by atoms with van der Waals surface area (Å²) >= 11 is 0. The van der Waals surface area contributed by atoms with E-state index < -0.39 is 5.97 Å². The van der Waals surface area contributed by atoms with E-state index in [-0.39, 0.29) is 5.82 Å². The summed E-state index contributed by atoms with van der Waals surface area (Å²) in [5.74, 6) is -0.610. The number of benzene rings is 2. The molecule has 0 bridgehead atoms. The van der Waals surface area contributed by atoms with Gasteiger partial charge in [0.2, 0.25) is 0 Å². The second kappa shape index (κ2) is 6.28. The minimum absolute atomic E-state index is 0.198. The van der Waals surface area contributed by atoms with Crippen molar-refractivity contribution in [3.63, 3.8) is 0 Å². The maximum atomic E-state index is 12.9. The van der Waals surface area contributed by atoms with Crippen LogP contribution in [0.5, 0.6) is 0 Å². The average Bonchev–Trinajstić information content (AvgIpc) is 2.47. The van der Waals surface area contributed by atoms with Crippen LogP contribution in [-0.4, -0.2) is 17.1 Å². The van der Waals surface area contributed by atoms with Gasteiger partial charge in [-0.25, -0.2) is 9.18 Å². The van der Waals surface area contributed by atoms with E-state index in [0.29, 0.717) is 24.1 Å². The molecule has 0 aromatic heterocycles. The molecule has 3 rings (SSSR count). The lowest BCUT2D eigenvalue weighted by Crippen LogP contribution is -2.39. The van der Waals surface area contributed by atoms with E-state index in [4.69, 9.17) is 5.11 Å². The third-order valence-electron chi connectivity index (χ3n) is 4.25. The molecule has 0 spiro atoms. The number of nitrogens with one attached hydrogen (secondary N) is 1. The summed E-state index contributed by atoms with van der Waals surface area (Å²) in [6, 6.07) is 14.1. The lowest BCUT2D eigenvalue weighted by atomic mass is 9.76. The van der Waals surface area contributed by atoms with Gasteiger partial charge in [-0.1, -0.05) is 24.3 Å². The molecule has 3 nitrogen and oxygen atoms in total. The van der Waals surface area contributed by atoms with Crippen molar-refractivity contribution in [2.75, 3.05) is 0 Å². The maximum absolute atomic E-state index is 12.9. The number of rotatable bonds is 5. The van der Waals surface area contributed by atoms with Gasteiger partial charge in [0.1, 0.15) is 5.82 Å². The number of carbonyl (C=O) groups is 1. The minimum Gasteiger partial charge on any atom is -0.478 e. The Morgan fingerprint density at radius 1 is 1.18 bits per heavy atom. The highest BCUT2D eigenvalue weighted by Crippen LogP contribution is 2.36. The van der Waals surface area contributed by atoms with Gasteiger partial charge < -0.3 is 10.4 Å². The standard InChI is InChI=1S/C18H18FNO2/c19-16-6-4-13(5-7-16)15-9-17(10-15)20-11-12-2-1-3-14(8-12)18(21)22/h1-8,15,17,20H,9-11H2,(H,21,22). The molecule has 0 amide bonds. The van der Waals surface area contributed by atoms with Crippen LogP contribution in [0.1, 0.15) is 40.2 Å². The van der Waals surface area contributed by atoms with Crippen molar-refractivity contribution in [2.45, 2.75) is 31.3 Å². The van der Waals surface area contributed by atoms with Gasteiger partial charge in [-0.05, 0) is 54.2 Å². The Labute approximate surface area is 128 Å². The van der Waals surface area contributed by atoms with Gasteiger partial charge in [-0.15, -0.1) is 0 Å². The van der Waals surface area contributed by atoms with Crippen LogP contribution in [0.3, 0.4) is 0 Å². The molecule has 4 heteroatoms. The molecule has 0 aliphatic heterocycles. The van der Waals surface area contributed by atoms with Crippen molar-refractivity contribution in [1.29, 1.82) is 0 Å². The van der Waals surface area contributed by atoms with Gasteiger partial charge in [0.05, 0.1) is 5.56 Å². The molecule has 0 saturated heterocycles. The van der Waals surface area contributed by atoms with Gasteiger partial charge in [0, 0.05) is 12.6 Å². The highest BCUT2D eigenvalue weighted by atomic mass is 19.1. The van der Waals surface area contributed by atoms with E-state index in [2.05, 4.69) is 5.32 Å². The highest BCUT2D eigenvalue weighted by Gasteiger charge is 2.29.